The molecular formula is C16H20N2O3. The van der Waals surface area contributed by atoms with Gasteiger partial charge in [-0.25, -0.2) is 0 Å². The summed E-state index contributed by atoms with van der Waals surface area (Å²) >= 11 is 0. The van der Waals surface area contributed by atoms with E-state index < -0.39 is 0 Å². The third kappa shape index (κ3) is 4.16. The van der Waals surface area contributed by atoms with Gasteiger partial charge in [-0.15, -0.1) is 6.58 Å². The van der Waals surface area contributed by atoms with Crippen LogP contribution in [-0.4, -0.2) is 47.6 Å². The molecule has 0 radical (unpaired) electrons. The van der Waals surface area contributed by atoms with Crippen molar-refractivity contribution in [2.45, 2.75) is 18.9 Å². The predicted octanol–water partition coefficient (Wildman–Crippen LogP) is 1.20. The topological polar surface area (TPSA) is 69.6 Å². The molecule has 1 aromatic carbocycles. The summed E-state index contributed by atoms with van der Waals surface area (Å²) in [6.45, 7) is 4.14. The van der Waals surface area contributed by atoms with Crippen LogP contribution < -0.4 is 5.32 Å². The molecule has 1 aromatic rings. The average molecular weight is 288 g/mol. The molecule has 5 nitrogen and oxygen atoms in total. The summed E-state index contributed by atoms with van der Waals surface area (Å²) in [6.07, 6.45) is 3.70. The zero-order chi connectivity index (χ0) is 15.2. The fourth-order valence-corrected chi connectivity index (χ4v) is 2.00. The third-order valence-electron chi connectivity index (χ3n) is 3.31. The molecule has 0 aromatic heterocycles. The first-order valence-corrected chi connectivity index (χ1v) is 7.07. The first-order chi connectivity index (χ1) is 10.2. The Labute approximate surface area is 124 Å². The van der Waals surface area contributed by atoms with Gasteiger partial charge in [0.2, 0.25) is 0 Å². The van der Waals surface area contributed by atoms with Crippen LogP contribution in [-0.2, 0) is 0 Å². The van der Waals surface area contributed by atoms with E-state index in [0.717, 1.165) is 12.8 Å². The van der Waals surface area contributed by atoms with Crippen LogP contribution in [0.2, 0.25) is 0 Å². The molecule has 1 aliphatic rings. The molecule has 2 amide bonds. The van der Waals surface area contributed by atoms with E-state index in [0.29, 0.717) is 23.7 Å². The Hall–Kier alpha value is -2.14. The first kappa shape index (κ1) is 15.3. The van der Waals surface area contributed by atoms with Crippen LogP contribution in [0.25, 0.3) is 0 Å². The number of carbonyl (C=O) groups excluding carboxylic acids is 2. The minimum Gasteiger partial charge on any atom is -0.395 e. The minimum absolute atomic E-state index is 0.0958. The van der Waals surface area contributed by atoms with Crippen LogP contribution in [0.3, 0.4) is 0 Å². The molecule has 0 spiro atoms. The Kier molecular flexibility index (Phi) is 5.11. The third-order valence-corrected chi connectivity index (χ3v) is 3.31. The van der Waals surface area contributed by atoms with E-state index in [4.69, 9.17) is 5.11 Å². The highest BCUT2D eigenvalue weighted by molar-refractivity contribution is 5.98. The van der Waals surface area contributed by atoms with Crippen LogP contribution in [0.4, 0.5) is 0 Å². The van der Waals surface area contributed by atoms with Crippen molar-refractivity contribution in [3.8, 4) is 0 Å². The molecule has 1 saturated carbocycles. The summed E-state index contributed by atoms with van der Waals surface area (Å²) in [5, 5.41) is 11.9. The van der Waals surface area contributed by atoms with E-state index in [1.54, 1.807) is 30.3 Å². The van der Waals surface area contributed by atoms with E-state index in [9.17, 15) is 9.59 Å². The number of aliphatic hydroxyl groups excluding tert-OH is 1. The number of amides is 2. The lowest BCUT2D eigenvalue weighted by Gasteiger charge is -2.20. The quantitative estimate of drug-likeness (QED) is 0.741. The van der Waals surface area contributed by atoms with Crippen LogP contribution >= 0.6 is 0 Å². The van der Waals surface area contributed by atoms with Crippen molar-refractivity contribution in [2.75, 3.05) is 19.7 Å². The summed E-state index contributed by atoms with van der Waals surface area (Å²) in [5.74, 6) is -0.284. The molecule has 1 fully saturated rings. The highest BCUT2D eigenvalue weighted by Crippen LogP contribution is 2.19. The van der Waals surface area contributed by atoms with Gasteiger partial charge in [0.25, 0.3) is 11.8 Å². The zero-order valence-corrected chi connectivity index (χ0v) is 11.9. The van der Waals surface area contributed by atoms with Crippen molar-refractivity contribution in [1.29, 1.82) is 0 Å². The Morgan fingerprint density at radius 2 is 1.90 bits per heavy atom. The maximum atomic E-state index is 12.3. The molecular weight excluding hydrogens is 268 g/mol. The molecule has 0 unspecified atom stereocenters. The lowest BCUT2D eigenvalue weighted by atomic mass is 10.1. The summed E-state index contributed by atoms with van der Waals surface area (Å²) in [6, 6.07) is 6.88. The fourth-order valence-electron chi connectivity index (χ4n) is 2.00. The highest BCUT2D eigenvalue weighted by atomic mass is 16.3. The Morgan fingerprint density at radius 3 is 2.43 bits per heavy atom. The highest BCUT2D eigenvalue weighted by Gasteiger charge is 2.24. The maximum Gasteiger partial charge on any atom is 0.254 e. The van der Waals surface area contributed by atoms with Gasteiger partial charge < -0.3 is 15.3 Å². The molecule has 0 saturated heterocycles. The smallest absolute Gasteiger partial charge is 0.254 e. The van der Waals surface area contributed by atoms with E-state index in [1.807, 2.05) is 0 Å². The summed E-state index contributed by atoms with van der Waals surface area (Å²) in [5.41, 5.74) is 1.05. The van der Waals surface area contributed by atoms with Crippen molar-refractivity contribution in [1.82, 2.24) is 10.2 Å². The fraction of sp³-hybridized carbons (Fsp3) is 0.375. The molecule has 2 rings (SSSR count). The van der Waals surface area contributed by atoms with Crippen molar-refractivity contribution in [3.63, 3.8) is 0 Å². The Morgan fingerprint density at radius 1 is 1.29 bits per heavy atom. The number of aliphatic hydroxyl groups is 1. The standard InChI is InChI=1S/C16H20N2O3/c1-2-9-18(10-11-19)16(21)13-5-3-12(4-6-13)15(20)17-14-7-8-14/h2-6,14,19H,1,7-11H2,(H,17,20). The number of rotatable bonds is 7. The predicted molar refractivity (Wildman–Crippen MR) is 80.1 cm³/mol. The van der Waals surface area contributed by atoms with Gasteiger partial charge >= 0.3 is 0 Å². The molecule has 21 heavy (non-hydrogen) atoms. The molecule has 0 atom stereocenters. The number of benzene rings is 1. The molecule has 0 heterocycles. The number of hydrogen-bond donors (Lipinski definition) is 2. The van der Waals surface area contributed by atoms with Crippen molar-refractivity contribution >= 4 is 11.8 Å². The van der Waals surface area contributed by atoms with Gasteiger partial charge in [0.1, 0.15) is 0 Å². The molecule has 0 bridgehead atoms. The molecule has 5 heteroatoms. The van der Waals surface area contributed by atoms with Crippen LogP contribution in [0.1, 0.15) is 33.6 Å². The second kappa shape index (κ2) is 7.04. The van der Waals surface area contributed by atoms with Gasteiger partial charge in [-0.1, -0.05) is 6.08 Å². The summed E-state index contributed by atoms with van der Waals surface area (Å²) < 4.78 is 0. The van der Waals surface area contributed by atoms with Gasteiger partial charge in [0.05, 0.1) is 6.61 Å². The van der Waals surface area contributed by atoms with Gasteiger partial charge in [-0.2, -0.15) is 0 Å². The molecule has 112 valence electrons. The van der Waals surface area contributed by atoms with E-state index in [1.165, 1.54) is 4.90 Å². The normalized spacial score (nSPS) is 13.6. The second-order valence-corrected chi connectivity index (χ2v) is 5.09. The second-order valence-electron chi connectivity index (χ2n) is 5.09. The molecule has 0 aliphatic heterocycles. The lowest BCUT2D eigenvalue weighted by molar-refractivity contribution is 0.0742. The van der Waals surface area contributed by atoms with Crippen LogP contribution in [0.15, 0.2) is 36.9 Å². The van der Waals surface area contributed by atoms with Gasteiger partial charge in [-0.3, -0.25) is 9.59 Å². The first-order valence-electron chi connectivity index (χ1n) is 7.07. The van der Waals surface area contributed by atoms with E-state index in [-0.39, 0.29) is 25.0 Å². The van der Waals surface area contributed by atoms with Crippen molar-refractivity contribution in [3.05, 3.63) is 48.0 Å². The van der Waals surface area contributed by atoms with E-state index in [2.05, 4.69) is 11.9 Å². The van der Waals surface area contributed by atoms with Crippen molar-refractivity contribution < 1.29 is 14.7 Å². The number of nitrogens with one attached hydrogen (secondary N) is 1. The van der Waals surface area contributed by atoms with Gasteiger partial charge in [0, 0.05) is 30.3 Å². The Balaban J connectivity index is 2.03. The van der Waals surface area contributed by atoms with Crippen molar-refractivity contribution in [2.24, 2.45) is 0 Å². The van der Waals surface area contributed by atoms with Crippen LogP contribution in [0.5, 0.6) is 0 Å². The minimum atomic E-state index is -0.182. The van der Waals surface area contributed by atoms with Gasteiger partial charge in [-0.05, 0) is 37.1 Å². The number of hydrogen-bond acceptors (Lipinski definition) is 3. The zero-order valence-electron chi connectivity index (χ0n) is 11.9. The van der Waals surface area contributed by atoms with Crippen LogP contribution in [0, 0.1) is 0 Å². The summed E-state index contributed by atoms with van der Waals surface area (Å²) in [4.78, 5) is 25.6. The van der Waals surface area contributed by atoms with Gasteiger partial charge in [0.15, 0.2) is 0 Å². The SMILES string of the molecule is C=CCN(CCO)C(=O)c1ccc(C(=O)NC2CC2)cc1. The Bertz CT molecular complexity index is 521. The molecule has 1 aliphatic carbocycles. The van der Waals surface area contributed by atoms with E-state index >= 15 is 0 Å². The molecule has 2 N–H and O–H groups in total. The lowest BCUT2D eigenvalue weighted by Crippen LogP contribution is -2.33. The maximum absolute atomic E-state index is 12.3. The number of carbonyl (C=O) groups is 2. The summed E-state index contributed by atoms with van der Waals surface area (Å²) in [7, 11) is 0. The largest absolute Gasteiger partial charge is 0.395 e. The average Bonchev–Trinajstić information content (AvgIpc) is 3.30. The monoisotopic (exact) mass is 288 g/mol. The number of nitrogens with zero attached hydrogens (tertiary/aromatic N) is 1.